The van der Waals surface area contributed by atoms with E-state index < -0.39 is 0 Å². The van der Waals surface area contributed by atoms with Crippen molar-refractivity contribution in [2.75, 3.05) is 5.32 Å². The highest BCUT2D eigenvalue weighted by atomic mass is 32.1. The maximum Gasteiger partial charge on any atom is 0.241 e. The number of rotatable bonds is 6. The fourth-order valence-corrected chi connectivity index (χ4v) is 3.81. The Bertz CT molecular complexity index is 850. The predicted octanol–water partition coefficient (Wildman–Crippen LogP) is 3.97. The van der Waals surface area contributed by atoms with Gasteiger partial charge in [-0.25, -0.2) is 4.98 Å². The molecule has 1 heterocycles. The molecule has 0 aliphatic heterocycles. The number of para-hydroxylation sites is 1. The zero-order valence-corrected chi connectivity index (χ0v) is 15.0. The standard InChI is InChI=1S/C20H21N3OS/c1-13(21-15-10-11-15)20(24)22-16-8-6-14(7-9-16)12-19-23-17-4-2-3-5-18(17)25-19/h2-9,13,15,21H,10-12H2,1H3,(H,22,24). The van der Waals surface area contributed by atoms with E-state index in [1.165, 1.54) is 23.1 Å². The number of hydrogen-bond acceptors (Lipinski definition) is 4. The van der Waals surface area contributed by atoms with Gasteiger partial charge in [0.25, 0.3) is 0 Å². The van der Waals surface area contributed by atoms with Crippen LogP contribution in [0.25, 0.3) is 10.2 Å². The van der Waals surface area contributed by atoms with Gasteiger partial charge in [-0.2, -0.15) is 0 Å². The summed E-state index contributed by atoms with van der Waals surface area (Å²) >= 11 is 1.73. The molecule has 25 heavy (non-hydrogen) atoms. The van der Waals surface area contributed by atoms with Crippen molar-refractivity contribution in [2.45, 2.75) is 38.3 Å². The molecule has 0 spiro atoms. The second-order valence-electron chi connectivity index (χ2n) is 6.60. The zero-order valence-electron chi connectivity index (χ0n) is 14.2. The van der Waals surface area contributed by atoms with Gasteiger partial charge in [-0.15, -0.1) is 11.3 Å². The average Bonchev–Trinajstić information content (AvgIpc) is 3.33. The summed E-state index contributed by atoms with van der Waals surface area (Å²) in [7, 11) is 0. The first-order chi connectivity index (χ1) is 12.2. The van der Waals surface area contributed by atoms with Crippen LogP contribution in [0.15, 0.2) is 48.5 Å². The number of nitrogens with zero attached hydrogens (tertiary/aromatic N) is 1. The Morgan fingerprint density at radius 3 is 2.68 bits per heavy atom. The van der Waals surface area contributed by atoms with Crippen molar-refractivity contribution in [3.05, 3.63) is 59.1 Å². The topological polar surface area (TPSA) is 54.0 Å². The summed E-state index contributed by atoms with van der Waals surface area (Å²) in [6.45, 7) is 1.91. The van der Waals surface area contributed by atoms with Crippen molar-refractivity contribution in [3.63, 3.8) is 0 Å². The van der Waals surface area contributed by atoms with Gasteiger partial charge in [-0.05, 0) is 49.6 Å². The summed E-state index contributed by atoms with van der Waals surface area (Å²) in [5.74, 6) is 0.0193. The van der Waals surface area contributed by atoms with Crippen molar-refractivity contribution < 1.29 is 4.79 Å². The number of thiazole rings is 1. The Morgan fingerprint density at radius 2 is 1.96 bits per heavy atom. The molecule has 128 valence electrons. The Kier molecular flexibility index (Phi) is 4.51. The number of amides is 1. The van der Waals surface area contributed by atoms with Gasteiger partial charge >= 0.3 is 0 Å². The first kappa shape index (κ1) is 16.2. The van der Waals surface area contributed by atoms with E-state index in [1.54, 1.807) is 11.3 Å². The first-order valence-electron chi connectivity index (χ1n) is 8.68. The molecule has 0 radical (unpaired) electrons. The van der Waals surface area contributed by atoms with Gasteiger partial charge < -0.3 is 10.6 Å². The van der Waals surface area contributed by atoms with Crippen molar-refractivity contribution >= 4 is 33.1 Å². The molecular weight excluding hydrogens is 330 g/mol. The third-order valence-electron chi connectivity index (χ3n) is 4.37. The predicted molar refractivity (Wildman–Crippen MR) is 103 cm³/mol. The summed E-state index contributed by atoms with van der Waals surface area (Å²) in [6, 6.07) is 16.6. The molecule has 2 N–H and O–H groups in total. The molecule has 1 aliphatic rings. The van der Waals surface area contributed by atoms with Crippen LogP contribution in [-0.4, -0.2) is 23.0 Å². The van der Waals surface area contributed by atoms with Crippen LogP contribution >= 0.6 is 11.3 Å². The molecule has 2 aromatic carbocycles. The molecule has 3 aromatic rings. The SMILES string of the molecule is CC(NC1CC1)C(=O)Nc1ccc(Cc2nc3ccccc3s2)cc1. The maximum absolute atomic E-state index is 12.2. The molecule has 4 nitrogen and oxygen atoms in total. The fraction of sp³-hybridized carbons (Fsp3) is 0.300. The smallest absolute Gasteiger partial charge is 0.241 e. The molecule has 1 atom stereocenters. The van der Waals surface area contributed by atoms with Gasteiger partial charge in [0.2, 0.25) is 5.91 Å². The second-order valence-corrected chi connectivity index (χ2v) is 7.72. The van der Waals surface area contributed by atoms with Crippen LogP contribution in [0.5, 0.6) is 0 Å². The van der Waals surface area contributed by atoms with Crippen LogP contribution in [0.2, 0.25) is 0 Å². The fourth-order valence-electron chi connectivity index (χ4n) is 2.81. The van der Waals surface area contributed by atoms with Crippen LogP contribution in [0.1, 0.15) is 30.3 Å². The number of hydrogen-bond donors (Lipinski definition) is 2. The Morgan fingerprint density at radius 1 is 1.20 bits per heavy atom. The van der Waals surface area contributed by atoms with E-state index in [1.807, 2.05) is 37.3 Å². The largest absolute Gasteiger partial charge is 0.325 e. The summed E-state index contributed by atoms with van der Waals surface area (Å²) in [5, 5.41) is 7.40. The number of nitrogens with one attached hydrogen (secondary N) is 2. The van der Waals surface area contributed by atoms with E-state index >= 15 is 0 Å². The molecule has 1 aliphatic carbocycles. The Labute approximate surface area is 151 Å². The van der Waals surface area contributed by atoms with Gasteiger partial charge in [-0.1, -0.05) is 24.3 Å². The molecule has 1 amide bonds. The third-order valence-corrected chi connectivity index (χ3v) is 5.41. The maximum atomic E-state index is 12.2. The lowest BCUT2D eigenvalue weighted by Gasteiger charge is -2.13. The van der Waals surface area contributed by atoms with Crippen molar-refractivity contribution in [1.82, 2.24) is 10.3 Å². The van der Waals surface area contributed by atoms with E-state index in [4.69, 9.17) is 0 Å². The van der Waals surface area contributed by atoms with Gasteiger partial charge in [0.05, 0.1) is 21.3 Å². The molecule has 1 fully saturated rings. The molecule has 1 aromatic heterocycles. The highest BCUT2D eigenvalue weighted by molar-refractivity contribution is 7.18. The molecule has 0 saturated heterocycles. The second kappa shape index (κ2) is 6.94. The monoisotopic (exact) mass is 351 g/mol. The number of aromatic nitrogens is 1. The van der Waals surface area contributed by atoms with E-state index in [-0.39, 0.29) is 11.9 Å². The van der Waals surface area contributed by atoms with Gasteiger partial charge in [0, 0.05) is 18.2 Å². The number of fused-ring (bicyclic) bond motifs is 1. The van der Waals surface area contributed by atoms with Crippen LogP contribution in [0.4, 0.5) is 5.69 Å². The quantitative estimate of drug-likeness (QED) is 0.707. The number of anilines is 1. The number of benzene rings is 2. The molecule has 0 bridgehead atoms. The molecular formula is C20H21N3OS. The van der Waals surface area contributed by atoms with Crippen LogP contribution in [0.3, 0.4) is 0 Å². The van der Waals surface area contributed by atoms with E-state index in [0.29, 0.717) is 6.04 Å². The number of carbonyl (C=O) groups excluding carboxylic acids is 1. The van der Waals surface area contributed by atoms with Crippen LogP contribution in [0, 0.1) is 0 Å². The van der Waals surface area contributed by atoms with Crippen molar-refractivity contribution in [3.8, 4) is 0 Å². The van der Waals surface area contributed by atoms with Gasteiger partial charge in [0.15, 0.2) is 0 Å². The Hall–Kier alpha value is -2.24. The highest BCUT2D eigenvalue weighted by Gasteiger charge is 2.25. The summed E-state index contributed by atoms with van der Waals surface area (Å²) in [6.07, 6.45) is 3.17. The first-order valence-corrected chi connectivity index (χ1v) is 9.49. The molecule has 5 heteroatoms. The Balaban J connectivity index is 1.38. The van der Waals surface area contributed by atoms with Crippen molar-refractivity contribution in [2.24, 2.45) is 0 Å². The normalized spacial score (nSPS) is 15.2. The van der Waals surface area contributed by atoms with Crippen molar-refractivity contribution in [1.29, 1.82) is 0 Å². The average molecular weight is 351 g/mol. The van der Waals surface area contributed by atoms with Gasteiger partial charge in [0.1, 0.15) is 0 Å². The molecule has 1 unspecified atom stereocenters. The summed E-state index contributed by atoms with van der Waals surface area (Å²) in [4.78, 5) is 16.8. The lowest BCUT2D eigenvalue weighted by atomic mass is 10.1. The van der Waals surface area contributed by atoms with Crippen LogP contribution < -0.4 is 10.6 Å². The minimum Gasteiger partial charge on any atom is -0.325 e. The van der Waals surface area contributed by atoms with E-state index in [9.17, 15) is 4.79 Å². The third kappa shape index (κ3) is 4.06. The molecule has 4 rings (SSSR count). The minimum absolute atomic E-state index is 0.0193. The minimum atomic E-state index is -0.157. The van der Waals surface area contributed by atoms with Crippen LogP contribution in [-0.2, 0) is 11.2 Å². The van der Waals surface area contributed by atoms with E-state index in [0.717, 1.165) is 22.6 Å². The lowest BCUT2D eigenvalue weighted by Crippen LogP contribution is -2.39. The lowest BCUT2D eigenvalue weighted by molar-refractivity contribution is -0.117. The number of carbonyl (C=O) groups is 1. The highest BCUT2D eigenvalue weighted by Crippen LogP contribution is 2.24. The summed E-state index contributed by atoms with van der Waals surface area (Å²) < 4.78 is 1.22. The van der Waals surface area contributed by atoms with Gasteiger partial charge in [-0.3, -0.25) is 4.79 Å². The summed E-state index contributed by atoms with van der Waals surface area (Å²) in [5.41, 5.74) is 3.09. The van der Waals surface area contributed by atoms with E-state index in [2.05, 4.69) is 33.8 Å². The zero-order chi connectivity index (χ0) is 17.2. The molecule has 1 saturated carbocycles.